The van der Waals surface area contributed by atoms with Crippen molar-refractivity contribution >= 4 is 21.1 Å². The van der Waals surface area contributed by atoms with E-state index >= 15 is 0 Å². The van der Waals surface area contributed by atoms with Crippen LogP contribution in [-0.2, 0) is 9.22 Å². The lowest BCUT2D eigenvalue weighted by Crippen LogP contribution is -2.46. The molecule has 1 aromatic rings. The molecule has 1 rings (SSSR count). The van der Waals surface area contributed by atoms with Crippen LogP contribution in [-0.4, -0.2) is 30.7 Å². The van der Waals surface area contributed by atoms with Gasteiger partial charge in [-0.05, 0) is 49.9 Å². The molecular weight excluding hydrogens is 354 g/mol. The molecule has 27 heavy (non-hydrogen) atoms. The third-order valence-electron chi connectivity index (χ3n) is 4.83. The molecule has 0 saturated heterocycles. The third-order valence-corrected chi connectivity index (χ3v) is 5.76. The van der Waals surface area contributed by atoms with Gasteiger partial charge >= 0.3 is 5.97 Å². The van der Waals surface area contributed by atoms with Crippen molar-refractivity contribution in [3.05, 3.63) is 36.2 Å². The molecule has 5 heteroatoms. The third kappa shape index (κ3) is 8.84. The van der Waals surface area contributed by atoms with E-state index in [0.29, 0.717) is 18.8 Å². The van der Waals surface area contributed by atoms with Crippen molar-refractivity contribution in [3.8, 4) is 0 Å². The first-order chi connectivity index (χ1) is 12.9. The summed E-state index contributed by atoms with van der Waals surface area (Å²) in [6.07, 6.45) is 15.1. The van der Waals surface area contributed by atoms with Gasteiger partial charge in [0.05, 0.1) is 0 Å². The summed E-state index contributed by atoms with van der Waals surface area (Å²) in [6.45, 7) is 8.41. The first-order valence-corrected chi connectivity index (χ1v) is 13.2. The fraction of sp³-hybridized carbons (Fsp3) is 0.636. The second-order valence-electron chi connectivity index (χ2n) is 7.71. The Balaban J connectivity index is 2.92. The average Bonchev–Trinajstić information content (AvgIpc) is 2.64. The van der Waals surface area contributed by atoms with Gasteiger partial charge in [-0.1, -0.05) is 64.2 Å². The van der Waals surface area contributed by atoms with Crippen LogP contribution >= 0.6 is 0 Å². The highest BCUT2D eigenvalue weighted by molar-refractivity contribution is 6.48. The van der Waals surface area contributed by atoms with Crippen LogP contribution < -0.4 is 0 Å². The SMILES string of the molecule is CCCCC(CC=Cc1cccnc1)CC(CCCC)(O[SiH](C)C)C(=O)O. The largest absolute Gasteiger partial charge is 0.479 e. The number of carboxylic acids is 1. The smallest absolute Gasteiger partial charge is 0.334 e. The van der Waals surface area contributed by atoms with E-state index in [4.69, 9.17) is 4.43 Å². The van der Waals surface area contributed by atoms with E-state index < -0.39 is 20.6 Å². The van der Waals surface area contributed by atoms with Crippen LogP contribution in [0.5, 0.6) is 0 Å². The molecule has 0 radical (unpaired) electrons. The minimum Gasteiger partial charge on any atom is -0.479 e. The van der Waals surface area contributed by atoms with Gasteiger partial charge in [-0.2, -0.15) is 0 Å². The molecule has 0 bridgehead atoms. The monoisotopic (exact) mass is 391 g/mol. The number of hydrogen-bond donors (Lipinski definition) is 1. The molecule has 0 saturated carbocycles. The Hall–Kier alpha value is -1.46. The van der Waals surface area contributed by atoms with E-state index in [2.05, 4.69) is 44.1 Å². The molecule has 0 amide bonds. The molecule has 4 nitrogen and oxygen atoms in total. The molecule has 2 atom stereocenters. The Bertz CT molecular complexity index is 562. The maximum absolute atomic E-state index is 12.2. The minimum atomic E-state index is -1.46. The molecule has 1 aromatic heterocycles. The highest BCUT2D eigenvalue weighted by atomic mass is 28.3. The fourth-order valence-corrected chi connectivity index (χ4v) is 4.72. The van der Waals surface area contributed by atoms with Gasteiger partial charge in [-0.15, -0.1) is 0 Å². The topological polar surface area (TPSA) is 59.4 Å². The van der Waals surface area contributed by atoms with Crippen molar-refractivity contribution in [2.75, 3.05) is 0 Å². The molecular formula is C22H37NO3Si. The van der Waals surface area contributed by atoms with Gasteiger partial charge in [0, 0.05) is 12.4 Å². The van der Waals surface area contributed by atoms with Crippen molar-refractivity contribution in [1.82, 2.24) is 4.98 Å². The zero-order valence-electron chi connectivity index (χ0n) is 17.5. The molecule has 0 aliphatic carbocycles. The number of carbonyl (C=O) groups is 1. The van der Waals surface area contributed by atoms with E-state index in [9.17, 15) is 9.90 Å². The average molecular weight is 392 g/mol. The molecule has 0 spiro atoms. The number of rotatable bonds is 14. The van der Waals surface area contributed by atoms with Gasteiger partial charge in [-0.25, -0.2) is 4.79 Å². The van der Waals surface area contributed by atoms with E-state index in [1.807, 2.05) is 18.3 Å². The van der Waals surface area contributed by atoms with E-state index in [-0.39, 0.29) is 0 Å². The van der Waals surface area contributed by atoms with Crippen molar-refractivity contribution in [3.63, 3.8) is 0 Å². The Morgan fingerprint density at radius 3 is 2.63 bits per heavy atom. The Morgan fingerprint density at radius 1 is 1.33 bits per heavy atom. The molecule has 0 fully saturated rings. The molecule has 2 unspecified atom stereocenters. The number of nitrogens with zero attached hydrogens (tertiary/aromatic N) is 1. The van der Waals surface area contributed by atoms with Crippen molar-refractivity contribution in [2.24, 2.45) is 5.92 Å². The number of aliphatic carboxylic acids is 1. The standard InChI is InChI=1S/C22H37NO3Si/c1-5-7-11-19(12-9-13-20-14-10-16-23-18-20)17-22(21(24)25,15-8-6-2)26-27(3)4/h9-10,13-14,16,18-19,27H,5-8,11-12,15,17H2,1-4H3,(H,24,25). The molecule has 0 aromatic carbocycles. The van der Waals surface area contributed by atoms with Crippen molar-refractivity contribution in [2.45, 2.75) is 83.9 Å². The van der Waals surface area contributed by atoms with Crippen LogP contribution in [0.25, 0.3) is 6.08 Å². The highest BCUT2D eigenvalue weighted by Gasteiger charge is 2.41. The van der Waals surface area contributed by atoms with Gasteiger partial charge in [0.25, 0.3) is 0 Å². The lowest BCUT2D eigenvalue weighted by atomic mass is 9.82. The van der Waals surface area contributed by atoms with E-state index in [1.165, 1.54) is 0 Å². The molecule has 0 aliphatic heterocycles. The number of pyridine rings is 1. The summed E-state index contributed by atoms with van der Waals surface area (Å²) in [6, 6.07) is 3.95. The summed E-state index contributed by atoms with van der Waals surface area (Å²) >= 11 is 0. The Kier molecular flexibility index (Phi) is 11.2. The summed E-state index contributed by atoms with van der Waals surface area (Å²) in [5.74, 6) is -0.464. The summed E-state index contributed by atoms with van der Waals surface area (Å²) in [7, 11) is -1.46. The maximum atomic E-state index is 12.2. The highest BCUT2D eigenvalue weighted by Crippen LogP contribution is 2.33. The second-order valence-corrected chi connectivity index (χ2v) is 10.0. The van der Waals surface area contributed by atoms with Crippen LogP contribution in [0.15, 0.2) is 30.6 Å². The van der Waals surface area contributed by atoms with Crippen molar-refractivity contribution in [1.29, 1.82) is 0 Å². The van der Waals surface area contributed by atoms with Gasteiger partial charge in [-0.3, -0.25) is 4.98 Å². The van der Waals surface area contributed by atoms with Crippen LogP contribution in [0, 0.1) is 5.92 Å². The lowest BCUT2D eigenvalue weighted by molar-refractivity contribution is -0.158. The molecule has 1 N–H and O–H groups in total. The Labute approximate surface area is 166 Å². The predicted molar refractivity (Wildman–Crippen MR) is 115 cm³/mol. The predicted octanol–water partition coefficient (Wildman–Crippen LogP) is 5.70. The quantitative estimate of drug-likeness (QED) is 0.414. The van der Waals surface area contributed by atoms with Gasteiger partial charge in [0.15, 0.2) is 14.6 Å². The zero-order valence-corrected chi connectivity index (χ0v) is 18.6. The molecule has 0 aliphatic rings. The van der Waals surface area contributed by atoms with Gasteiger partial charge in [0.1, 0.15) is 0 Å². The van der Waals surface area contributed by atoms with Crippen LogP contribution in [0.1, 0.15) is 70.8 Å². The number of carboxylic acid groups (broad SMARTS) is 1. The number of aromatic nitrogens is 1. The van der Waals surface area contributed by atoms with Crippen molar-refractivity contribution < 1.29 is 14.3 Å². The van der Waals surface area contributed by atoms with Gasteiger partial charge in [0.2, 0.25) is 0 Å². The number of allylic oxidation sites excluding steroid dienone is 1. The fourth-order valence-electron chi connectivity index (χ4n) is 3.50. The summed E-state index contributed by atoms with van der Waals surface area (Å²) in [4.78, 5) is 16.4. The van der Waals surface area contributed by atoms with Crippen LogP contribution in [0.4, 0.5) is 0 Å². The summed E-state index contributed by atoms with van der Waals surface area (Å²) in [5.41, 5.74) is 0.0600. The Morgan fingerprint density at radius 2 is 2.07 bits per heavy atom. The van der Waals surface area contributed by atoms with E-state index in [0.717, 1.165) is 44.1 Å². The summed E-state index contributed by atoms with van der Waals surface area (Å²) < 4.78 is 6.18. The molecule has 1 heterocycles. The first-order valence-electron chi connectivity index (χ1n) is 10.4. The minimum absolute atomic E-state index is 0.318. The zero-order chi connectivity index (χ0) is 20.1. The van der Waals surface area contributed by atoms with Crippen LogP contribution in [0.3, 0.4) is 0 Å². The van der Waals surface area contributed by atoms with Gasteiger partial charge < -0.3 is 9.53 Å². The normalized spacial score (nSPS) is 15.1. The number of hydrogen-bond acceptors (Lipinski definition) is 3. The molecule has 152 valence electrons. The second kappa shape index (κ2) is 12.8. The summed E-state index contributed by atoms with van der Waals surface area (Å²) in [5, 5.41) is 10.0. The first kappa shape index (κ1) is 23.6. The van der Waals surface area contributed by atoms with E-state index in [1.54, 1.807) is 6.20 Å². The maximum Gasteiger partial charge on any atom is 0.334 e. The van der Waals surface area contributed by atoms with Crippen LogP contribution in [0.2, 0.25) is 13.1 Å². The lowest BCUT2D eigenvalue weighted by Gasteiger charge is -2.35. The number of unbranched alkanes of at least 4 members (excludes halogenated alkanes) is 2.